The first-order valence-corrected chi connectivity index (χ1v) is 30.7. The Morgan fingerprint density at radius 2 is 0.956 bits per heavy atom. The van der Waals surface area contributed by atoms with E-state index < -0.39 is 193 Å². The molecule has 0 bridgehead atoms. The molecular formula is C57H90N14O19S. The van der Waals surface area contributed by atoms with Crippen LogP contribution >= 0.6 is 11.8 Å². The maximum Gasteiger partial charge on any atom is 0.328 e. The smallest absolute Gasteiger partial charge is 0.328 e. The number of carbonyl (C=O) groups is 13. The number of aliphatic hydroxyl groups is 3. The summed E-state index contributed by atoms with van der Waals surface area (Å²) in [6.07, 6.45) is -0.653. The molecule has 0 spiro atoms. The van der Waals surface area contributed by atoms with Crippen molar-refractivity contribution >= 4 is 88.7 Å². The number of H-pyrrole nitrogens is 1. The summed E-state index contributed by atoms with van der Waals surface area (Å²) < 4.78 is 0. The van der Waals surface area contributed by atoms with Gasteiger partial charge in [-0.3, -0.25) is 57.5 Å². The summed E-state index contributed by atoms with van der Waals surface area (Å²) in [6, 6.07) is -11.3. The molecule has 2 aromatic rings. The van der Waals surface area contributed by atoms with Crippen molar-refractivity contribution in [1.29, 1.82) is 0 Å². The maximum absolute atomic E-state index is 14.1. The fraction of sp³-hybridized carbons (Fsp3) is 0.614. The SMILES string of the molecule is CSCC[C@H](NC(=O)[C@H](Cc1cnc[nH]1)NC(=O)[C@@H](NC(=O)[C@@H](NC(=O)[C@H](C)NC(=O)[C@H](CCC(=O)O)NC(=O)[C@H](CC(C)C)NC(=O)[C@@H](NC(=O)[C@@H](NC(=O)[C@H](Cc1ccc(O)cc1)NC(=O)CN)[C@@H](C)O)[C@@H](C)O)C(C)C)C(C)C)C(=O)N[C@@H](CO)C(=O)O. The highest BCUT2D eigenvalue weighted by atomic mass is 32.2. The van der Waals surface area contributed by atoms with Crippen LogP contribution in [0.2, 0.25) is 0 Å². The Bertz CT molecular complexity index is 2790. The summed E-state index contributed by atoms with van der Waals surface area (Å²) in [6.45, 7) is 11.6. The summed E-state index contributed by atoms with van der Waals surface area (Å²) in [7, 11) is 0. The standard InChI is InChI=1S/C57H90N14O19S/c1-26(2)19-37(65-55(87)45(30(8)73)71-56(88)46(31(9)74)70-52(84)38(62-41(76)22-58)20-32-11-13-34(75)14-12-32)50(82)63-35(15-16-42(77)78)48(80)61-29(7)47(79)68-44(28(5)6)54(86)69-43(27(3)4)53(85)66-39(21-33-23-59-25-60-33)51(83)64-36(17-18-91-10)49(81)67-40(24-72)57(89)90/h11-14,23,25-31,35-40,43-46,72-75H,15-22,24,58H2,1-10H3,(H,59,60)(H,61,80)(H,62,76)(H,63,82)(H,64,83)(H,65,87)(H,66,85)(H,67,81)(H,68,79)(H,69,86)(H,70,84)(H,71,88)(H,77,78)(H,89,90)/t29-,30+,31+,35-,36-,37-,38-,39-,40-,43-,44-,45-,46-/m0/s1. The fourth-order valence-corrected chi connectivity index (χ4v) is 9.17. The molecule has 0 radical (unpaired) electrons. The first-order chi connectivity index (χ1) is 42.6. The van der Waals surface area contributed by atoms with Gasteiger partial charge < -0.3 is 99.8 Å². The van der Waals surface area contributed by atoms with Crippen LogP contribution in [0.4, 0.5) is 0 Å². The molecular weight excluding hydrogens is 1220 g/mol. The Labute approximate surface area is 530 Å². The first-order valence-electron chi connectivity index (χ1n) is 29.3. The molecule has 0 aliphatic rings. The van der Waals surface area contributed by atoms with Gasteiger partial charge in [0.1, 0.15) is 72.2 Å². The highest BCUT2D eigenvalue weighted by Gasteiger charge is 2.39. The predicted octanol–water partition coefficient (Wildman–Crippen LogP) is -4.97. The second-order valence-electron chi connectivity index (χ2n) is 22.8. The van der Waals surface area contributed by atoms with Gasteiger partial charge in [-0.15, -0.1) is 0 Å². The number of aliphatic hydroxyl groups excluding tert-OH is 3. The lowest BCUT2D eigenvalue weighted by Crippen LogP contribution is -2.63. The minimum Gasteiger partial charge on any atom is -0.508 e. The molecule has 20 N–H and O–H groups in total. The van der Waals surface area contributed by atoms with Crippen LogP contribution in [0, 0.1) is 17.8 Å². The van der Waals surface area contributed by atoms with Crippen LogP contribution in [-0.4, -0.2) is 221 Å². The van der Waals surface area contributed by atoms with Gasteiger partial charge in [-0.2, -0.15) is 11.8 Å². The van der Waals surface area contributed by atoms with Crippen LogP contribution in [0.5, 0.6) is 5.75 Å². The Morgan fingerprint density at radius 3 is 1.44 bits per heavy atom. The summed E-state index contributed by atoms with van der Waals surface area (Å²) in [5, 5.41) is 86.3. The van der Waals surface area contributed by atoms with E-state index in [1.54, 1.807) is 47.8 Å². The van der Waals surface area contributed by atoms with Gasteiger partial charge in [-0.1, -0.05) is 53.7 Å². The molecule has 0 fully saturated rings. The number of carbonyl (C=O) groups excluding carboxylic acids is 11. The average molecular weight is 1310 g/mol. The number of phenolic OH excluding ortho intramolecular Hbond substituents is 1. The number of aliphatic carboxylic acids is 2. The molecule has 34 heteroatoms. The third kappa shape index (κ3) is 27.3. The Hall–Kier alpha value is -8.47. The zero-order chi connectivity index (χ0) is 69.0. The van der Waals surface area contributed by atoms with Crippen molar-refractivity contribution in [2.24, 2.45) is 23.5 Å². The summed E-state index contributed by atoms with van der Waals surface area (Å²) in [5.41, 5.74) is 6.29. The number of aromatic amines is 1. The van der Waals surface area contributed by atoms with Crippen LogP contribution < -0.4 is 64.2 Å². The van der Waals surface area contributed by atoms with Gasteiger partial charge in [0, 0.05) is 31.2 Å². The number of carboxylic acids is 2. The van der Waals surface area contributed by atoms with Crippen LogP contribution in [-0.2, 0) is 75.2 Å². The molecule has 0 aliphatic carbocycles. The number of hydrogen-bond donors (Lipinski definition) is 19. The van der Waals surface area contributed by atoms with E-state index in [2.05, 4.69) is 68.5 Å². The van der Waals surface area contributed by atoms with E-state index in [0.717, 1.165) is 13.8 Å². The lowest BCUT2D eigenvalue weighted by Gasteiger charge is -2.30. The molecule has 33 nitrogen and oxygen atoms in total. The zero-order valence-electron chi connectivity index (χ0n) is 52.5. The van der Waals surface area contributed by atoms with Crippen molar-refractivity contribution in [3.05, 3.63) is 48.0 Å². The van der Waals surface area contributed by atoms with Gasteiger partial charge in [-0.25, -0.2) is 9.78 Å². The molecule has 11 amide bonds. The van der Waals surface area contributed by atoms with E-state index in [9.17, 15) is 93.0 Å². The van der Waals surface area contributed by atoms with Crippen molar-refractivity contribution < 1.29 is 93.0 Å². The van der Waals surface area contributed by atoms with E-state index in [1.165, 1.54) is 55.5 Å². The number of aromatic nitrogens is 2. The Balaban J connectivity index is 2.32. The number of phenols is 1. The van der Waals surface area contributed by atoms with E-state index >= 15 is 0 Å². The van der Waals surface area contributed by atoms with Gasteiger partial charge in [0.2, 0.25) is 65.0 Å². The highest BCUT2D eigenvalue weighted by Crippen LogP contribution is 2.15. The van der Waals surface area contributed by atoms with E-state index in [0.29, 0.717) is 17.0 Å². The van der Waals surface area contributed by atoms with Crippen LogP contribution in [0.25, 0.3) is 0 Å². The number of imidazole rings is 1. The molecule has 1 aromatic carbocycles. The first kappa shape index (κ1) is 78.6. The lowest BCUT2D eigenvalue weighted by atomic mass is 9.98. The van der Waals surface area contributed by atoms with Gasteiger partial charge >= 0.3 is 11.9 Å². The monoisotopic (exact) mass is 1310 g/mol. The molecule has 13 atom stereocenters. The molecule has 0 saturated heterocycles. The molecule has 1 heterocycles. The lowest BCUT2D eigenvalue weighted by molar-refractivity contribution is -0.143. The van der Waals surface area contributed by atoms with Crippen molar-refractivity contribution in [1.82, 2.24) is 68.5 Å². The van der Waals surface area contributed by atoms with Crippen molar-refractivity contribution in [2.45, 2.75) is 180 Å². The summed E-state index contributed by atoms with van der Waals surface area (Å²) in [5.74, 6) is -15.1. The van der Waals surface area contributed by atoms with E-state index in [4.69, 9.17) is 5.73 Å². The molecule has 2 rings (SSSR count). The number of aromatic hydroxyl groups is 1. The summed E-state index contributed by atoms with van der Waals surface area (Å²) >= 11 is 1.32. The van der Waals surface area contributed by atoms with Gasteiger partial charge in [-0.05, 0) is 87.5 Å². The van der Waals surface area contributed by atoms with E-state index in [1.807, 2.05) is 0 Å². The second kappa shape index (κ2) is 38.9. The maximum atomic E-state index is 14.1. The largest absolute Gasteiger partial charge is 0.508 e. The normalized spacial score (nSPS) is 15.6. The van der Waals surface area contributed by atoms with Gasteiger partial charge in [0.05, 0.1) is 31.7 Å². The number of nitrogens with one attached hydrogen (secondary N) is 12. The number of nitrogens with two attached hydrogens (primary N) is 1. The third-order valence-electron chi connectivity index (χ3n) is 13.9. The van der Waals surface area contributed by atoms with Crippen molar-refractivity contribution in [2.75, 3.05) is 25.2 Å². The number of carboxylic acid groups (broad SMARTS) is 2. The molecule has 91 heavy (non-hydrogen) atoms. The minimum absolute atomic E-state index is 0.0214. The molecule has 508 valence electrons. The Morgan fingerprint density at radius 1 is 0.527 bits per heavy atom. The van der Waals surface area contributed by atoms with Crippen molar-refractivity contribution in [3.8, 4) is 5.75 Å². The number of benzene rings is 1. The number of rotatable bonds is 40. The average Bonchev–Trinajstić information content (AvgIpc) is 1.93. The minimum atomic E-state index is -1.87. The van der Waals surface area contributed by atoms with E-state index in [-0.39, 0.29) is 37.4 Å². The van der Waals surface area contributed by atoms with Gasteiger partial charge in [0.25, 0.3) is 0 Å². The molecule has 0 unspecified atom stereocenters. The zero-order valence-corrected chi connectivity index (χ0v) is 53.3. The molecule has 0 aliphatic heterocycles. The third-order valence-corrected chi connectivity index (χ3v) is 14.5. The number of nitrogens with zero attached hydrogens (tertiary/aromatic N) is 1. The highest BCUT2D eigenvalue weighted by molar-refractivity contribution is 7.98. The van der Waals surface area contributed by atoms with Crippen LogP contribution in [0.3, 0.4) is 0 Å². The topological polar surface area (TPSA) is 530 Å². The van der Waals surface area contributed by atoms with Crippen molar-refractivity contribution in [3.63, 3.8) is 0 Å². The number of thioether (sulfide) groups is 1. The summed E-state index contributed by atoms with van der Waals surface area (Å²) in [4.78, 5) is 181. The predicted molar refractivity (Wildman–Crippen MR) is 327 cm³/mol. The van der Waals surface area contributed by atoms with Crippen LogP contribution in [0.15, 0.2) is 36.8 Å². The molecule has 0 saturated carbocycles. The van der Waals surface area contributed by atoms with Crippen LogP contribution in [0.1, 0.15) is 99.3 Å². The fourth-order valence-electron chi connectivity index (χ4n) is 8.70. The Kier molecular flexibility index (Phi) is 33.6. The number of hydrogen-bond acceptors (Lipinski definition) is 20. The number of amides is 11. The second-order valence-corrected chi connectivity index (χ2v) is 23.8. The van der Waals surface area contributed by atoms with Gasteiger partial charge in [0.15, 0.2) is 0 Å². The molecule has 1 aromatic heterocycles. The quantitative estimate of drug-likeness (QED) is 0.0297.